The highest BCUT2D eigenvalue weighted by Crippen LogP contribution is 2.16. The molecule has 116 valence electrons. The van der Waals surface area contributed by atoms with Crippen molar-refractivity contribution in [2.75, 3.05) is 18.1 Å². The van der Waals surface area contributed by atoms with E-state index in [4.69, 9.17) is 0 Å². The van der Waals surface area contributed by atoms with Crippen LogP contribution in [-0.2, 0) is 22.0 Å². The van der Waals surface area contributed by atoms with Crippen molar-refractivity contribution < 1.29 is 9.00 Å². The first-order valence-electron chi connectivity index (χ1n) is 7.23. The van der Waals surface area contributed by atoms with Gasteiger partial charge in [-0.15, -0.1) is 0 Å². The monoisotopic (exact) mass is 307 g/mol. The highest BCUT2D eigenvalue weighted by Gasteiger charge is 2.08. The number of benzene rings is 1. The van der Waals surface area contributed by atoms with Crippen LogP contribution in [0.1, 0.15) is 29.2 Å². The van der Waals surface area contributed by atoms with Gasteiger partial charge in [0.1, 0.15) is 5.75 Å². The zero-order chi connectivity index (χ0) is 15.8. The van der Waals surface area contributed by atoms with Crippen LogP contribution in [0, 0.1) is 20.8 Å². The standard InChI is InChI=1S/C17H25NO2S/c1-5-6-9-21(20)12-17(19)18-8-7-16-14(3)10-13(2)11-15(16)4/h5-6,10-11H,7-9,12H2,1-4H3,(H,18,19). The third-order valence-corrected chi connectivity index (χ3v) is 4.50. The molecule has 0 aliphatic heterocycles. The van der Waals surface area contributed by atoms with Crippen LogP contribution in [0.2, 0.25) is 0 Å². The maximum atomic E-state index is 11.7. The van der Waals surface area contributed by atoms with Gasteiger partial charge >= 0.3 is 0 Å². The zero-order valence-electron chi connectivity index (χ0n) is 13.4. The van der Waals surface area contributed by atoms with Crippen LogP contribution in [0.25, 0.3) is 0 Å². The number of carbonyl (C=O) groups excluding carboxylic acids is 1. The summed E-state index contributed by atoms with van der Waals surface area (Å²) in [5.41, 5.74) is 5.07. The summed E-state index contributed by atoms with van der Waals surface area (Å²) in [5.74, 6) is 0.385. The first-order valence-corrected chi connectivity index (χ1v) is 8.72. The normalized spacial score (nSPS) is 12.6. The third kappa shape index (κ3) is 6.25. The maximum absolute atomic E-state index is 11.7. The highest BCUT2D eigenvalue weighted by atomic mass is 32.2. The van der Waals surface area contributed by atoms with Gasteiger partial charge in [-0.2, -0.15) is 0 Å². The van der Waals surface area contributed by atoms with Gasteiger partial charge in [-0.05, 0) is 50.8 Å². The second-order valence-corrected chi connectivity index (χ2v) is 6.80. The van der Waals surface area contributed by atoms with Crippen LogP contribution in [0.5, 0.6) is 0 Å². The van der Waals surface area contributed by atoms with Gasteiger partial charge in [0, 0.05) is 23.1 Å². The van der Waals surface area contributed by atoms with Crippen LogP contribution < -0.4 is 5.32 Å². The number of allylic oxidation sites excluding steroid dienone is 1. The van der Waals surface area contributed by atoms with E-state index in [-0.39, 0.29) is 11.7 Å². The molecule has 0 fully saturated rings. The molecule has 1 unspecified atom stereocenters. The summed E-state index contributed by atoms with van der Waals surface area (Å²) < 4.78 is 11.6. The number of rotatable bonds is 7. The fraction of sp³-hybridized carbons (Fsp3) is 0.471. The number of amides is 1. The summed E-state index contributed by atoms with van der Waals surface area (Å²) in [7, 11) is -1.11. The second-order valence-electron chi connectivity index (χ2n) is 5.30. The molecule has 0 radical (unpaired) electrons. The molecule has 0 saturated carbocycles. The quantitative estimate of drug-likeness (QED) is 0.787. The van der Waals surface area contributed by atoms with Gasteiger partial charge in [-0.3, -0.25) is 9.00 Å². The van der Waals surface area contributed by atoms with E-state index in [1.807, 2.05) is 19.1 Å². The summed E-state index contributed by atoms with van der Waals surface area (Å²) in [6.45, 7) is 8.76. The van der Waals surface area contributed by atoms with E-state index in [9.17, 15) is 9.00 Å². The molecule has 0 spiro atoms. The Morgan fingerprint density at radius 1 is 1.24 bits per heavy atom. The smallest absolute Gasteiger partial charge is 0.232 e. The van der Waals surface area contributed by atoms with Crippen LogP contribution in [-0.4, -0.2) is 28.2 Å². The lowest BCUT2D eigenvalue weighted by Gasteiger charge is -2.12. The Balaban J connectivity index is 2.43. The molecule has 0 saturated heterocycles. The Labute approximate surface area is 130 Å². The molecule has 1 aromatic rings. The first-order chi connectivity index (χ1) is 9.93. The van der Waals surface area contributed by atoms with E-state index in [0.717, 1.165) is 6.42 Å². The molecule has 0 aliphatic rings. The van der Waals surface area contributed by atoms with Gasteiger partial charge < -0.3 is 5.32 Å². The van der Waals surface area contributed by atoms with E-state index in [0.29, 0.717) is 12.3 Å². The minimum atomic E-state index is -1.11. The SMILES string of the molecule is CC=CCS(=O)CC(=O)NCCc1c(C)cc(C)cc1C. The van der Waals surface area contributed by atoms with Crippen molar-refractivity contribution in [3.8, 4) is 0 Å². The van der Waals surface area contributed by atoms with Crippen LogP contribution >= 0.6 is 0 Å². The van der Waals surface area contributed by atoms with Gasteiger partial charge in [0.05, 0.1) is 0 Å². The van der Waals surface area contributed by atoms with Crippen molar-refractivity contribution in [2.24, 2.45) is 0 Å². The topological polar surface area (TPSA) is 46.2 Å². The average molecular weight is 307 g/mol. The molecule has 1 amide bonds. The Kier molecular flexibility index (Phi) is 7.37. The minimum absolute atomic E-state index is 0.0796. The Morgan fingerprint density at radius 3 is 2.43 bits per heavy atom. The molecular formula is C17H25NO2S. The predicted molar refractivity (Wildman–Crippen MR) is 90.1 cm³/mol. The Hall–Kier alpha value is -1.42. The molecule has 3 nitrogen and oxygen atoms in total. The van der Waals surface area contributed by atoms with Gasteiger partial charge in [-0.1, -0.05) is 29.8 Å². The van der Waals surface area contributed by atoms with Crippen molar-refractivity contribution in [3.63, 3.8) is 0 Å². The first kappa shape index (κ1) is 17.6. The Bertz CT molecular complexity index is 527. The molecule has 0 aromatic heterocycles. The number of hydrogen-bond donors (Lipinski definition) is 1. The lowest BCUT2D eigenvalue weighted by Crippen LogP contribution is -2.30. The molecule has 0 aliphatic carbocycles. The number of hydrogen-bond acceptors (Lipinski definition) is 2. The van der Waals surface area contributed by atoms with Crippen LogP contribution in [0.15, 0.2) is 24.3 Å². The molecular weight excluding hydrogens is 282 g/mol. The minimum Gasteiger partial charge on any atom is -0.355 e. The van der Waals surface area contributed by atoms with Crippen molar-refractivity contribution in [3.05, 3.63) is 46.5 Å². The van der Waals surface area contributed by atoms with Gasteiger partial charge in [-0.25, -0.2) is 0 Å². The van der Waals surface area contributed by atoms with Crippen LogP contribution in [0.3, 0.4) is 0 Å². The van der Waals surface area contributed by atoms with Gasteiger partial charge in [0.25, 0.3) is 0 Å². The van der Waals surface area contributed by atoms with Gasteiger partial charge in [0.15, 0.2) is 0 Å². The third-order valence-electron chi connectivity index (χ3n) is 3.35. The highest BCUT2D eigenvalue weighted by molar-refractivity contribution is 7.85. The molecule has 0 bridgehead atoms. The van der Waals surface area contributed by atoms with Crippen molar-refractivity contribution in [2.45, 2.75) is 34.1 Å². The van der Waals surface area contributed by atoms with E-state index >= 15 is 0 Å². The molecule has 0 heterocycles. The molecule has 21 heavy (non-hydrogen) atoms. The molecule has 1 N–H and O–H groups in total. The molecule has 1 rings (SSSR count). The van der Waals surface area contributed by atoms with Crippen LogP contribution in [0.4, 0.5) is 0 Å². The largest absolute Gasteiger partial charge is 0.355 e. The number of aryl methyl sites for hydroxylation is 3. The van der Waals surface area contributed by atoms with Gasteiger partial charge in [0.2, 0.25) is 5.91 Å². The molecule has 1 aromatic carbocycles. The van der Waals surface area contributed by atoms with E-state index < -0.39 is 10.8 Å². The average Bonchev–Trinajstić information content (AvgIpc) is 2.39. The Morgan fingerprint density at radius 2 is 1.86 bits per heavy atom. The number of nitrogens with one attached hydrogen (secondary N) is 1. The summed E-state index contributed by atoms with van der Waals surface area (Å²) >= 11 is 0. The summed E-state index contributed by atoms with van der Waals surface area (Å²) in [6.07, 6.45) is 4.48. The lowest BCUT2D eigenvalue weighted by atomic mass is 9.97. The summed E-state index contributed by atoms with van der Waals surface area (Å²) in [5, 5.41) is 2.85. The van der Waals surface area contributed by atoms with E-state index in [1.165, 1.54) is 22.3 Å². The van der Waals surface area contributed by atoms with Crippen molar-refractivity contribution in [1.29, 1.82) is 0 Å². The second kappa shape index (κ2) is 8.78. The summed E-state index contributed by atoms with van der Waals surface area (Å²) in [6, 6.07) is 4.33. The lowest BCUT2D eigenvalue weighted by molar-refractivity contribution is -0.118. The van der Waals surface area contributed by atoms with Crippen molar-refractivity contribution in [1.82, 2.24) is 5.32 Å². The molecule has 4 heteroatoms. The fourth-order valence-electron chi connectivity index (χ4n) is 2.39. The predicted octanol–water partition coefficient (Wildman–Crippen LogP) is 2.60. The number of carbonyl (C=O) groups is 1. The zero-order valence-corrected chi connectivity index (χ0v) is 14.2. The molecule has 1 atom stereocenters. The fourth-order valence-corrected chi connectivity index (χ4v) is 3.31. The summed E-state index contributed by atoms with van der Waals surface area (Å²) in [4.78, 5) is 11.7. The van der Waals surface area contributed by atoms with E-state index in [1.54, 1.807) is 0 Å². The van der Waals surface area contributed by atoms with Crippen molar-refractivity contribution >= 4 is 16.7 Å². The maximum Gasteiger partial charge on any atom is 0.232 e. The van der Waals surface area contributed by atoms with E-state index in [2.05, 4.69) is 38.2 Å².